The van der Waals surface area contributed by atoms with Crippen LogP contribution in [-0.2, 0) is 18.9 Å². The summed E-state index contributed by atoms with van der Waals surface area (Å²) in [6.45, 7) is 4.56. The number of allylic oxidation sites excluding steroid dienone is 1. The Morgan fingerprint density at radius 3 is 2.44 bits per heavy atom. The summed E-state index contributed by atoms with van der Waals surface area (Å²) in [4.78, 5) is 0. The highest BCUT2D eigenvalue weighted by molar-refractivity contribution is 6.30. The summed E-state index contributed by atoms with van der Waals surface area (Å²) in [5.74, 6) is 0.174. The van der Waals surface area contributed by atoms with Gasteiger partial charge in [0.2, 0.25) is 0 Å². The number of benzene rings is 1. The first-order valence-electron chi connectivity index (χ1n) is 8.70. The molecule has 0 amide bonds. The smallest absolute Gasteiger partial charge is 0.183 e. The molecule has 1 aromatic rings. The maximum atomic E-state index is 13.5. The molecule has 0 aromatic heterocycles. The molecule has 25 heavy (non-hydrogen) atoms. The van der Waals surface area contributed by atoms with E-state index in [2.05, 4.69) is 6.08 Å². The van der Waals surface area contributed by atoms with Crippen LogP contribution in [0.4, 0.5) is 4.39 Å². The van der Waals surface area contributed by atoms with Crippen molar-refractivity contribution in [3.8, 4) is 0 Å². The molecule has 0 atom stereocenters. The lowest BCUT2D eigenvalue weighted by Gasteiger charge is -2.32. The van der Waals surface area contributed by atoms with Crippen LogP contribution in [0.2, 0.25) is 5.02 Å². The molecule has 1 aromatic carbocycles. The zero-order chi connectivity index (χ0) is 17.6. The Kier molecular flexibility index (Phi) is 6.84. The molecule has 0 spiro atoms. The van der Waals surface area contributed by atoms with Crippen LogP contribution in [0.3, 0.4) is 0 Å². The first kappa shape index (κ1) is 18.8. The average molecular weight is 371 g/mol. The number of hydrogen-bond acceptors (Lipinski definition) is 4. The second-order valence-corrected chi connectivity index (χ2v) is 6.90. The molecule has 6 heteroatoms. The minimum Gasteiger partial charge on any atom is -0.352 e. The Hall–Kier alpha value is -0.980. The van der Waals surface area contributed by atoms with Gasteiger partial charge in [0.25, 0.3) is 0 Å². The van der Waals surface area contributed by atoms with E-state index in [4.69, 9.17) is 30.5 Å². The van der Waals surface area contributed by atoms with Gasteiger partial charge in [-0.1, -0.05) is 29.8 Å². The number of hydrogen-bond donors (Lipinski definition) is 0. The third-order valence-electron chi connectivity index (χ3n) is 4.45. The van der Waals surface area contributed by atoms with Crippen LogP contribution in [0.5, 0.6) is 0 Å². The van der Waals surface area contributed by atoms with E-state index in [-0.39, 0.29) is 17.2 Å². The van der Waals surface area contributed by atoms with Gasteiger partial charge >= 0.3 is 0 Å². The van der Waals surface area contributed by atoms with E-state index in [1.165, 1.54) is 12.1 Å². The molecule has 138 valence electrons. The van der Waals surface area contributed by atoms with E-state index in [1.807, 2.05) is 13.0 Å². The van der Waals surface area contributed by atoms with Gasteiger partial charge in [-0.2, -0.15) is 0 Å². The lowest BCUT2D eigenvalue weighted by atomic mass is 10.0. The number of rotatable bonds is 5. The molecule has 0 radical (unpaired) electrons. The Bertz CT molecular complexity index is 579. The van der Waals surface area contributed by atoms with E-state index in [0.717, 1.165) is 12.8 Å². The molecule has 4 nitrogen and oxygen atoms in total. The van der Waals surface area contributed by atoms with Crippen molar-refractivity contribution in [2.75, 3.05) is 26.4 Å². The highest BCUT2D eigenvalue weighted by Gasteiger charge is 2.26. The van der Waals surface area contributed by atoms with Gasteiger partial charge in [0.05, 0.1) is 31.5 Å². The van der Waals surface area contributed by atoms with Gasteiger partial charge in [-0.05, 0) is 31.9 Å². The van der Waals surface area contributed by atoms with Crippen molar-refractivity contribution in [1.82, 2.24) is 0 Å². The lowest BCUT2D eigenvalue weighted by molar-refractivity contribution is -0.217. The fourth-order valence-electron chi connectivity index (χ4n) is 3.04. The predicted molar refractivity (Wildman–Crippen MR) is 92.8 cm³/mol. The van der Waals surface area contributed by atoms with Gasteiger partial charge in [-0.15, -0.1) is 0 Å². The van der Waals surface area contributed by atoms with Crippen LogP contribution in [0, 0.1) is 17.7 Å². The Morgan fingerprint density at radius 2 is 1.80 bits per heavy atom. The molecule has 0 bridgehead atoms. The van der Waals surface area contributed by atoms with Crippen LogP contribution in [0.15, 0.2) is 30.4 Å². The SMILES string of the molecule is CC=CC1COC(CCC2COC(c3ccc(Cl)c(F)c3)OC2)OC1. The first-order chi connectivity index (χ1) is 12.2. The van der Waals surface area contributed by atoms with Crippen LogP contribution in [-0.4, -0.2) is 32.7 Å². The van der Waals surface area contributed by atoms with Crippen LogP contribution in [0.25, 0.3) is 0 Å². The van der Waals surface area contributed by atoms with E-state index >= 15 is 0 Å². The summed E-state index contributed by atoms with van der Waals surface area (Å²) < 4.78 is 36.5. The maximum Gasteiger partial charge on any atom is 0.183 e. The first-order valence-corrected chi connectivity index (χ1v) is 9.07. The molecule has 2 aliphatic heterocycles. The minimum atomic E-state index is -0.535. The molecule has 0 aliphatic carbocycles. The van der Waals surface area contributed by atoms with Crippen molar-refractivity contribution in [2.45, 2.75) is 32.3 Å². The van der Waals surface area contributed by atoms with Gasteiger partial charge in [0, 0.05) is 17.4 Å². The highest BCUT2D eigenvalue weighted by Crippen LogP contribution is 2.29. The van der Waals surface area contributed by atoms with Crippen molar-refractivity contribution in [2.24, 2.45) is 11.8 Å². The third kappa shape index (κ3) is 5.25. The number of ether oxygens (including phenoxy) is 4. The molecule has 2 saturated heterocycles. The van der Waals surface area contributed by atoms with Crippen LogP contribution < -0.4 is 0 Å². The van der Waals surface area contributed by atoms with Gasteiger partial charge in [-0.25, -0.2) is 4.39 Å². The normalized spacial score (nSPS) is 30.7. The van der Waals surface area contributed by atoms with Crippen molar-refractivity contribution in [3.05, 3.63) is 46.8 Å². The van der Waals surface area contributed by atoms with Gasteiger partial charge in [0.1, 0.15) is 5.82 Å². The second kappa shape index (κ2) is 9.10. The summed E-state index contributed by atoms with van der Waals surface area (Å²) in [6, 6.07) is 4.60. The quantitative estimate of drug-likeness (QED) is 0.716. The van der Waals surface area contributed by atoms with Crippen LogP contribution in [0.1, 0.15) is 31.6 Å². The Morgan fingerprint density at radius 1 is 1.08 bits per heavy atom. The highest BCUT2D eigenvalue weighted by atomic mass is 35.5. The van der Waals surface area contributed by atoms with Gasteiger partial charge in [-0.3, -0.25) is 0 Å². The van der Waals surface area contributed by atoms with Crippen molar-refractivity contribution < 1.29 is 23.3 Å². The maximum absolute atomic E-state index is 13.5. The van der Waals surface area contributed by atoms with Gasteiger partial charge < -0.3 is 18.9 Å². The van der Waals surface area contributed by atoms with E-state index < -0.39 is 12.1 Å². The molecule has 2 aliphatic rings. The van der Waals surface area contributed by atoms with Crippen LogP contribution >= 0.6 is 11.6 Å². The van der Waals surface area contributed by atoms with Crippen molar-refractivity contribution >= 4 is 11.6 Å². The monoisotopic (exact) mass is 370 g/mol. The molecule has 0 saturated carbocycles. The molecule has 0 unspecified atom stereocenters. The Balaban J connectivity index is 1.39. The van der Waals surface area contributed by atoms with E-state index in [0.29, 0.717) is 37.9 Å². The van der Waals surface area contributed by atoms with E-state index in [9.17, 15) is 4.39 Å². The van der Waals surface area contributed by atoms with Crippen molar-refractivity contribution in [1.29, 1.82) is 0 Å². The average Bonchev–Trinajstić information content (AvgIpc) is 2.64. The summed E-state index contributed by atoms with van der Waals surface area (Å²) in [6.07, 6.45) is 5.17. The third-order valence-corrected chi connectivity index (χ3v) is 4.76. The standard InChI is InChI=1S/C19H24ClFO4/c1-2-3-13-9-22-18(23-10-13)7-4-14-11-24-19(25-12-14)15-5-6-16(20)17(21)8-15/h2-3,5-6,8,13-14,18-19H,4,7,9-12H2,1H3. The van der Waals surface area contributed by atoms with E-state index in [1.54, 1.807) is 6.07 Å². The van der Waals surface area contributed by atoms with Crippen molar-refractivity contribution in [3.63, 3.8) is 0 Å². The molecular weight excluding hydrogens is 347 g/mol. The summed E-state index contributed by atoms with van der Waals surface area (Å²) in [5, 5.41) is 0.0987. The fraction of sp³-hybridized carbons (Fsp3) is 0.579. The zero-order valence-electron chi connectivity index (χ0n) is 14.3. The minimum absolute atomic E-state index is 0.0987. The zero-order valence-corrected chi connectivity index (χ0v) is 15.1. The second-order valence-electron chi connectivity index (χ2n) is 6.50. The molecular formula is C19H24ClFO4. The molecule has 2 fully saturated rings. The molecule has 3 rings (SSSR count). The largest absolute Gasteiger partial charge is 0.352 e. The fourth-order valence-corrected chi connectivity index (χ4v) is 3.16. The summed E-state index contributed by atoms with van der Waals surface area (Å²) in [7, 11) is 0. The predicted octanol–water partition coefficient (Wildman–Crippen LogP) is 4.49. The molecule has 2 heterocycles. The molecule has 0 N–H and O–H groups in total. The summed E-state index contributed by atoms with van der Waals surface area (Å²) in [5.41, 5.74) is 0.648. The lowest BCUT2D eigenvalue weighted by Crippen LogP contribution is -2.33. The summed E-state index contributed by atoms with van der Waals surface area (Å²) >= 11 is 5.70. The topological polar surface area (TPSA) is 36.9 Å². The number of halogens is 2. The van der Waals surface area contributed by atoms with Gasteiger partial charge in [0.15, 0.2) is 12.6 Å². The Labute approximate surface area is 152 Å².